The molecule has 0 radical (unpaired) electrons. The highest BCUT2D eigenvalue weighted by Gasteiger charge is 2.12. The fourth-order valence-corrected chi connectivity index (χ4v) is 2.19. The Hall–Kier alpha value is -1.30. The lowest BCUT2D eigenvalue weighted by atomic mass is 9.86. The molecule has 0 heteroatoms. The smallest absolute Gasteiger partial charge is 0.00104 e. The largest absolute Gasteiger partial charge is 0.0916 e. The SMILES string of the molecule is CC=CCC(C)(C)C=CC(C)C(C=CCCC)=CC=CCCC. The quantitative estimate of drug-likeness (QED) is 0.269. The number of allylic oxidation sites excluding steroid dienone is 10. The van der Waals surface area contributed by atoms with Crippen molar-refractivity contribution in [2.75, 3.05) is 0 Å². The molecular weight excluding hydrogens is 276 g/mol. The van der Waals surface area contributed by atoms with Crippen LogP contribution in [0.15, 0.2) is 60.3 Å². The zero-order valence-electron chi connectivity index (χ0n) is 16.3. The molecular formula is C23H38. The van der Waals surface area contributed by atoms with E-state index in [1.807, 2.05) is 0 Å². The molecule has 0 fully saturated rings. The van der Waals surface area contributed by atoms with Gasteiger partial charge in [-0.15, -0.1) is 0 Å². The highest BCUT2D eigenvalue weighted by Crippen LogP contribution is 2.25. The Bertz CT molecular complexity index is 427. The Labute approximate surface area is 145 Å². The molecule has 0 aromatic heterocycles. The summed E-state index contributed by atoms with van der Waals surface area (Å²) >= 11 is 0. The predicted octanol–water partition coefficient (Wildman–Crippen LogP) is 7.81. The van der Waals surface area contributed by atoms with Crippen molar-refractivity contribution in [1.29, 1.82) is 0 Å². The number of hydrogen-bond donors (Lipinski definition) is 0. The summed E-state index contributed by atoms with van der Waals surface area (Å²) in [5.41, 5.74) is 1.61. The molecule has 0 aromatic carbocycles. The van der Waals surface area contributed by atoms with Crippen LogP contribution in [0.3, 0.4) is 0 Å². The van der Waals surface area contributed by atoms with Crippen molar-refractivity contribution in [3.63, 3.8) is 0 Å². The Morgan fingerprint density at radius 3 is 2.26 bits per heavy atom. The number of hydrogen-bond acceptors (Lipinski definition) is 0. The van der Waals surface area contributed by atoms with Gasteiger partial charge < -0.3 is 0 Å². The summed E-state index contributed by atoms with van der Waals surface area (Å²) in [5.74, 6) is 0.444. The maximum atomic E-state index is 2.37. The fraction of sp³-hybridized carbons (Fsp3) is 0.565. The van der Waals surface area contributed by atoms with Gasteiger partial charge in [-0.3, -0.25) is 0 Å². The van der Waals surface area contributed by atoms with Gasteiger partial charge >= 0.3 is 0 Å². The molecule has 0 saturated carbocycles. The van der Waals surface area contributed by atoms with Gasteiger partial charge in [-0.25, -0.2) is 0 Å². The van der Waals surface area contributed by atoms with Gasteiger partial charge in [0.05, 0.1) is 0 Å². The number of unbranched alkanes of at least 4 members (excludes halogenated alkanes) is 2. The Balaban J connectivity index is 5.00. The molecule has 0 aliphatic rings. The zero-order chi connectivity index (χ0) is 17.6. The zero-order valence-corrected chi connectivity index (χ0v) is 16.3. The topological polar surface area (TPSA) is 0 Å². The molecule has 1 unspecified atom stereocenters. The van der Waals surface area contributed by atoms with Gasteiger partial charge in [0.25, 0.3) is 0 Å². The van der Waals surface area contributed by atoms with Crippen LogP contribution in [0.4, 0.5) is 0 Å². The predicted molar refractivity (Wildman–Crippen MR) is 108 cm³/mol. The third-order valence-corrected chi connectivity index (χ3v) is 3.89. The average Bonchev–Trinajstić information content (AvgIpc) is 2.53. The van der Waals surface area contributed by atoms with Crippen LogP contribution in [-0.2, 0) is 0 Å². The van der Waals surface area contributed by atoms with E-state index >= 15 is 0 Å². The Kier molecular flexibility index (Phi) is 12.4. The lowest BCUT2D eigenvalue weighted by Crippen LogP contribution is -2.06. The second kappa shape index (κ2) is 13.2. The van der Waals surface area contributed by atoms with Gasteiger partial charge in [0, 0.05) is 0 Å². The molecule has 0 nitrogen and oxygen atoms in total. The maximum Gasteiger partial charge on any atom is -0.00104 e. The van der Waals surface area contributed by atoms with Crippen LogP contribution in [0.25, 0.3) is 0 Å². The van der Waals surface area contributed by atoms with E-state index in [9.17, 15) is 0 Å². The van der Waals surface area contributed by atoms with Crippen LogP contribution in [0, 0.1) is 11.3 Å². The first-order chi connectivity index (χ1) is 11.0. The lowest BCUT2D eigenvalue weighted by molar-refractivity contribution is 0.485. The third kappa shape index (κ3) is 11.9. The molecule has 0 heterocycles. The lowest BCUT2D eigenvalue weighted by Gasteiger charge is -2.19. The monoisotopic (exact) mass is 314 g/mol. The fourth-order valence-electron chi connectivity index (χ4n) is 2.19. The van der Waals surface area contributed by atoms with E-state index in [1.54, 1.807) is 0 Å². The molecule has 0 amide bonds. The standard InChI is InChI=1S/C23H38/c1-7-10-13-15-17-22(16-14-11-8-2)21(4)18-20-23(5,6)19-12-9-3/h9,12-18,20-21H,7-8,10-11,19H2,1-6H3. The molecule has 0 bridgehead atoms. The molecule has 0 saturated heterocycles. The van der Waals surface area contributed by atoms with Crippen molar-refractivity contribution in [3.8, 4) is 0 Å². The molecule has 0 aliphatic heterocycles. The van der Waals surface area contributed by atoms with Crippen molar-refractivity contribution in [3.05, 3.63) is 60.3 Å². The summed E-state index contributed by atoms with van der Waals surface area (Å²) in [4.78, 5) is 0. The minimum Gasteiger partial charge on any atom is -0.0916 e. The molecule has 0 aliphatic carbocycles. The normalized spacial score (nSPS) is 15.7. The molecule has 0 aromatic rings. The van der Waals surface area contributed by atoms with Gasteiger partial charge in [-0.1, -0.05) is 102 Å². The first-order valence-corrected chi connectivity index (χ1v) is 9.30. The Morgan fingerprint density at radius 1 is 1.00 bits per heavy atom. The first-order valence-electron chi connectivity index (χ1n) is 9.30. The molecule has 23 heavy (non-hydrogen) atoms. The molecule has 1 atom stereocenters. The summed E-state index contributed by atoms with van der Waals surface area (Å²) in [6.07, 6.45) is 26.3. The summed E-state index contributed by atoms with van der Waals surface area (Å²) in [5, 5.41) is 0. The highest BCUT2D eigenvalue weighted by atomic mass is 14.2. The first kappa shape index (κ1) is 21.7. The molecule has 0 rings (SSSR count). The van der Waals surface area contributed by atoms with Gasteiger partial charge in [0.15, 0.2) is 0 Å². The van der Waals surface area contributed by atoms with Gasteiger partial charge in [0.2, 0.25) is 0 Å². The van der Waals surface area contributed by atoms with Crippen LogP contribution in [0.1, 0.15) is 73.6 Å². The van der Waals surface area contributed by atoms with Crippen molar-refractivity contribution in [2.24, 2.45) is 11.3 Å². The van der Waals surface area contributed by atoms with E-state index in [1.165, 1.54) is 18.4 Å². The van der Waals surface area contributed by atoms with Crippen LogP contribution in [-0.4, -0.2) is 0 Å². The van der Waals surface area contributed by atoms with Crippen LogP contribution in [0.5, 0.6) is 0 Å². The van der Waals surface area contributed by atoms with Crippen molar-refractivity contribution in [1.82, 2.24) is 0 Å². The maximum absolute atomic E-state index is 2.37. The van der Waals surface area contributed by atoms with Crippen molar-refractivity contribution in [2.45, 2.75) is 73.6 Å². The van der Waals surface area contributed by atoms with Crippen LogP contribution < -0.4 is 0 Å². The minimum atomic E-state index is 0.219. The van der Waals surface area contributed by atoms with E-state index in [2.05, 4.69) is 96.2 Å². The van der Waals surface area contributed by atoms with E-state index < -0.39 is 0 Å². The summed E-state index contributed by atoms with van der Waals surface area (Å²) < 4.78 is 0. The third-order valence-electron chi connectivity index (χ3n) is 3.89. The average molecular weight is 315 g/mol. The number of rotatable bonds is 11. The molecule has 130 valence electrons. The van der Waals surface area contributed by atoms with Gasteiger partial charge in [-0.2, -0.15) is 0 Å². The minimum absolute atomic E-state index is 0.219. The molecule has 0 N–H and O–H groups in total. The van der Waals surface area contributed by atoms with Gasteiger partial charge in [-0.05, 0) is 43.1 Å². The van der Waals surface area contributed by atoms with E-state index in [0.717, 1.165) is 19.3 Å². The summed E-state index contributed by atoms with van der Waals surface area (Å²) in [7, 11) is 0. The van der Waals surface area contributed by atoms with Crippen LogP contribution in [0.2, 0.25) is 0 Å². The highest BCUT2D eigenvalue weighted by molar-refractivity contribution is 5.29. The van der Waals surface area contributed by atoms with E-state index in [-0.39, 0.29) is 5.41 Å². The second-order valence-corrected chi connectivity index (χ2v) is 6.98. The second-order valence-electron chi connectivity index (χ2n) is 6.98. The van der Waals surface area contributed by atoms with Crippen molar-refractivity contribution >= 4 is 0 Å². The summed E-state index contributed by atoms with van der Waals surface area (Å²) in [6, 6.07) is 0. The van der Waals surface area contributed by atoms with Crippen LogP contribution >= 0.6 is 0 Å². The van der Waals surface area contributed by atoms with E-state index in [4.69, 9.17) is 0 Å². The van der Waals surface area contributed by atoms with E-state index in [0.29, 0.717) is 5.92 Å². The Morgan fingerprint density at radius 2 is 1.65 bits per heavy atom. The van der Waals surface area contributed by atoms with Gasteiger partial charge in [0.1, 0.15) is 0 Å². The van der Waals surface area contributed by atoms with Crippen molar-refractivity contribution < 1.29 is 0 Å². The molecule has 0 spiro atoms. The summed E-state index contributed by atoms with van der Waals surface area (Å²) in [6.45, 7) is 13.4.